The van der Waals surface area contributed by atoms with Crippen LogP contribution in [0.2, 0.25) is 5.02 Å². The maximum atomic E-state index is 11.7. The molecule has 1 amide bonds. The highest BCUT2D eigenvalue weighted by Crippen LogP contribution is 2.16. The zero-order valence-corrected chi connectivity index (χ0v) is 15.4. The number of likely N-dealkylation sites (tertiary alicyclic amines) is 1. The van der Waals surface area contributed by atoms with E-state index in [0.717, 1.165) is 29.8 Å². The molecule has 1 heterocycles. The first-order valence-electron chi connectivity index (χ1n) is 8.26. The zero-order valence-electron chi connectivity index (χ0n) is 13.8. The largest absolute Gasteiger partial charge is 0.358 e. The van der Waals surface area contributed by atoms with Crippen LogP contribution in [0.25, 0.3) is 0 Å². The van der Waals surface area contributed by atoms with E-state index in [1.807, 2.05) is 29.2 Å². The Kier molecular flexibility index (Phi) is 5.89. The second-order valence-electron chi connectivity index (χ2n) is 6.05. The topological polar surface area (TPSA) is 44.4 Å². The third-order valence-electron chi connectivity index (χ3n) is 4.10. The van der Waals surface area contributed by atoms with E-state index in [1.165, 1.54) is 0 Å². The normalized spacial score (nSPS) is 13.8. The number of nitrogens with one attached hydrogen (secondary N) is 2. The van der Waals surface area contributed by atoms with E-state index < -0.39 is 0 Å². The molecule has 6 heteroatoms. The molecule has 0 radical (unpaired) electrons. The van der Waals surface area contributed by atoms with E-state index in [2.05, 4.69) is 34.9 Å². The zero-order chi connectivity index (χ0) is 17.6. The highest BCUT2D eigenvalue weighted by Gasteiger charge is 2.19. The van der Waals surface area contributed by atoms with Crippen molar-refractivity contribution in [1.82, 2.24) is 10.2 Å². The molecule has 0 saturated carbocycles. The Bertz CT molecular complexity index is 764. The Balaban J connectivity index is 1.48. The molecular formula is C19H20ClN3OS. The lowest BCUT2D eigenvalue weighted by molar-refractivity contribution is -0.128. The van der Waals surface area contributed by atoms with Crippen LogP contribution in [-0.2, 0) is 17.9 Å². The Morgan fingerprint density at radius 3 is 2.60 bits per heavy atom. The van der Waals surface area contributed by atoms with Crippen molar-refractivity contribution in [2.75, 3.05) is 11.9 Å². The fourth-order valence-corrected chi connectivity index (χ4v) is 3.16. The van der Waals surface area contributed by atoms with E-state index in [9.17, 15) is 4.79 Å². The number of carbonyl (C=O) groups excluding carboxylic acids is 1. The van der Waals surface area contributed by atoms with Crippen molar-refractivity contribution in [3.05, 3.63) is 64.7 Å². The predicted octanol–water partition coefficient (Wildman–Crippen LogP) is 3.95. The van der Waals surface area contributed by atoms with Crippen LogP contribution in [0.15, 0.2) is 48.5 Å². The lowest BCUT2D eigenvalue weighted by Crippen LogP contribution is -2.27. The molecule has 25 heavy (non-hydrogen) atoms. The maximum Gasteiger partial charge on any atom is 0.222 e. The quantitative estimate of drug-likeness (QED) is 0.779. The van der Waals surface area contributed by atoms with Crippen LogP contribution in [0.3, 0.4) is 0 Å². The summed E-state index contributed by atoms with van der Waals surface area (Å²) in [5.74, 6) is 0.253. The second-order valence-corrected chi connectivity index (χ2v) is 6.90. The summed E-state index contributed by atoms with van der Waals surface area (Å²) in [7, 11) is 0. The van der Waals surface area contributed by atoms with Gasteiger partial charge in [-0.3, -0.25) is 4.79 Å². The summed E-state index contributed by atoms with van der Waals surface area (Å²) in [6.45, 7) is 2.20. The molecule has 130 valence electrons. The first-order valence-corrected chi connectivity index (χ1v) is 9.05. The Morgan fingerprint density at radius 1 is 1.16 bits per heavy atom. The molecule has 1 aliphatic heterocycles. The highest BCUT2D eigenvalue weighted by molar-refractivity contribution is 7.80. The lowest BCUT2D eigenvalue weighted by atomic mass is 10.1. The van der Waals surface area contributed by atoms with Crippen LogP contribution in [0.1, 0.15) is 24.0 Å². The average Bonchev–Trinajstić information content (AvgIpc) is 2.99. The van der Waals surface area contributed by atoms with E-state index in [4.69, 9.17) is 23.8 Å². The van der Waals surface area contributed by atoms with Crippen molar-refractivity contribution >= 4 is 40.5 Å². The molecule has 0 bridgehead atoms. The molecule has 2 aromatic carbocycles. The molecule has 1 aliphatic rings. The van der Waals surface area contributed by atoms with E-state index in [1.54, 1.807) is 0 Å². The Hall–Kier alpha value is -2.11. The number of carbonyl (C=O) groups is 1. The molecule has 1 saturated heterocycles. The minimum absolute atomic E-state index is 0.253. The van der Waals surface area contributed by atoms with Gasteiger partial charge in [-0.2, -0.15) is 0 Å². The van der Waals surface area contributed by atoms with E-state index >= 15 is 0 Å². The van der Waals surface area contributed by atoms with Crippen LogP contribution in [0.4, 0.5) is 5.69 Å². The van der Waals surface area contributed by atoms with Gasteiger partial charge in [-0.25, -0.2) is 0 Å². The number of amides is 1. The Labute approximate surface area is 158 Å². The number of nitrogens with zero attached hydrogens (tertiary/aromatic N) is 1. The SMILES string of the molecule is O=C1CCCN1Cc1ccc(CNC(=S)Nc2cccc(Cl)c2)cc1. The molecule has 0 aliphatic carbocycles. The van der Waals surface area contributed by atoms with Crippen molar-refractivity contribution in [1.29, 1.82) is 0 Å². The minimum Gasteiger partial charge on any atom is -0.358 e. The van der Waals surface area contributed by atoms with Gasteiger partial charge in [-0.1, -0.05) is 41.9 Å². The van der Waals surface area contributed by atoms with E-state index in [0.29, 0.717) is 29.6 Å². The summed E-state index contributed by atoms with van der Waals surface area (Å²) in [5, 5.41) is 7.51. The van der Waals surface area contributed by atoms with Crippen molar-refractivity contribution in [3.8, 4) is 0 Å². The van der Waals surface area contributed by atoms with E-state index in [-0.39, 0.29) is 5.91 Å². The van der Waals surface area contributed by atoms with Crippen LogP contribution >= 0.6 is 23.8 Å². The number of rotatable bonds is 5. The van der Waals surface area contributed by atoms with Crippen molar-refractivity contribution < 1.29 is 4.79 Å². The summed E-state index contributed by atoms with van der Waals surface area (Å²) >= 11 is 11.3. The average molecular weight is 374 g/mol. The fourth-order valence-electron chi connectivity index (χ4n) is 2.78. The van der Waals surface area contributed by atoms with Crippen LogP contribution < -0.4 is 10.6 Å². The van der Waals surface area contributed by atoms with Gasteiger partial charge in [0.25, 0.3) is 0 Å². The summed E-state index contributed by atoms with van der Waals surface area (Å²) in [6, 6.07) is 15.7. The molecule has 4 nitrogen and oxygen atoms in total. The first-order chi connectivity index (χ1) is 12.1. The minimum atomic E-state index is 0.253. The molecule has 0 spiro atoms. The first kappa shape index (κ1) is 17.7. The second kappa shape index (κ2) is 8.32. The number of anilines is 1. The maximum absolute atomic E-state index is 11.7. The lowest BCUT2D eigenvalue weighted by Gasteiger charge is -2.16. The Morgan fingerprint density at radius 2 is 1.92 bits per heavy atom. The van der Waals surface area contributed by atoms with Gasteiger partial charge >= 0.3 is 0 Å². The van der Waals surface area contributed by atoms with Gasteiger partial charge in [-0.15, -0.1) is 0 Å². The molecule has 1 fully saturated rings. The number of benzene rings is 2. The van der Waals surface area contributed by atoms with Crippen molar-refractivity contribution in [2.45, 2.75) is 25.9 Å². The number of hydrogen-bond donors (Lipinski definition) is 2. The molecule has 0 aromatic heterocycles. The summed E-state index contributed by atoms with van der Waals surface area (Å²) in [6.07, 6.45) is 1.65. The number of halogens is 1. The fraction of sp³-hybridized carbons (Fsp3) is 0.263. The smallest absolute Gasteiger partial charge is 0.222 e. The van der Waals surface area contributed by atoms with Gasteiger partial charge in [0.15, 0.2) is 5.11 Å². The van der Waals surface area contributed by atoms with Gasteiger partial charge < -0.3 is 15.5 Å². The molecular weight excluding hydrogens is 354 g/mol. The predicted molar refractivity (Wildman–Crippen MR) is 106 cm³/mol. The molecule has 3 rings (SSSR count). The molecule has 2 N–H and O–H groups in total. The van der Waals surface area contributed by atoms with Gasteiger partial charge in [0.2, 0.25) is 5.91 Å². The van der Waals surface area contributed by atoms with Crippen LogP contribution in [0.5, 0.6) is 0 Å². The molecule has 0 atom stereocenters. The van der Waals surface area contributed by atoms with Gasteiger partial charge in [0, 0.05) is 36.8 Å². The number of hydrogen-bond acceptors (Lipinski definition) is 2. The number of thiocarbonyl (C=S) groups is 1. The third kappa shape index (κ3) is 5.18. The summed E-state index contributed by atoms with van der Waals surface area (Å²) in [4.78, 5) is 13.6. The molecule has 2 aromatic rings. The summed E-state index contributed by atoms with van der Waals surface area (Å²) in [5.41, 5.74) is 3.14. The van der Waals surface area contributed by atoms with Gasteiger partial charge in [0.1, 0.15) is 0 Å². The van der Waals surface area contributed by atoms with Crippen LogP contribution in [-0.4, -0.2) is 22.5 Å². The summed E-state index contributed by atoms with van der Waals surface area (Å²) < 4.78 is 0. The standard InChI is InChI=1S/C19H20ClN3OS/c20-16-3-1-4-17(11-16)22-19(25)21-12-14-6-8-15(9-7-14)13-23-10-2-5-18(23)24/h1,3-4,6-9,11H,2,5,10,12-13H2,(H2,21,22,25). The van der Waals surface area contributed by atoms with Crippen LogP contribution in [0, 0.1) is 0 Å². The monoisotopic (exact) mass is 373 g/mol. The third-order valence-corrected chi connectivity index (χ3v) is 4.58. The molecule has 0 unspecified atom stereocenters. The highest BCUT2D eigenvalue weighted by atomic mass is 35.5. The van der Waals surface area contributed by atoms with Crippen molar-refractivity contribution in [2.24, 2.45) is 0 Å². The van der Waals surface area contributed by atoms with Gasteiger partial charge in [0.05, 0.1) is 0 Å². The van der Waals surface area contributed by atoms with Crippen molar-refractivity contribution in [3.63, 3.8) is 0 Å². The van der Waals surface area contributed by atoms with Gasteiger partial charge in [-0.05, 0) is 48.0 Å².